The van der Waals surface area contributed by atoms with Gasteiger partial charge in [-0.15, -0.1) is 0 Å². The normalized spacial score (nSPS) is 10.8. The number of rotatable bonds is 5. The second-order valence-electron chi connectivity index (χ2n) is 6.51. The number of pyridine rings is 1. The number of ether oxygens (including phenoxy) is 1. The Morgan fingerprint density at radius 2 is 1.93 bits per heavy atom. The van der Waals surface area contributed by atoms with Crippen molar-refractivity contribution in [3.63, 3.8) is 0 Å². The summed E-state index contributed by atoms with van der Waals surface area (Å²) in [7, 11) is 1.71. The van der Waals surface area contributed by atoms with E-state index >= 15 is 0 Å². The number of anilines is 1. The molecule has 2 aromatic carbocycles. The molecule has 6 nitrogen and oxygen atoms in total. The fourth-order valence-electron chi connectivity index (χ4n) is 3.00. The topological polar surface area (TPSA) is 76.1 Å². The molecule has 0 radical (unpaired) electrons. The minimum absolute atomic E-state index is 0.204. The zero-order valence-electron chi connectivity index (χ0n) is 15.3. The molecule has 0 saturated carbocycles. The Kier molecular flexibility index (Phi) is 4.68. The van der Waals surface area contributed by atoms with E-state index in [0.717, 1.165) is 16.5 Å². The number of fused-ring (bicyclic) bond motifs is 1. The number of hydrogen-bond acceptors (Lipinski definition) is 3. The average Bonchev–Trinajstić information content (AvgIpc) is 3.17. The summed E-state index contributed by atoms with van der Waals surface area (Å²) in [5.41, 5.74) is 2.46. The van der Waals surface area contributed by atoms with Crippen molar-refractivity contribution in [2.45, 2.75) is 6.61 Å². The Balaban J connectivity index is 1.51. The van der Waals surface area contributed by atoms with Crippen LogP contribution >= 0.6 is 0 Å². The maximum atomic E-state index is 12.6. The van der Waals surface area contributed by atoms with Gasteiger partial charge in [-0.25, -0.2) is 0 Å². The van der Waals surface area contributed by atoms with Crippen molar-refractivity contribution in [1.29, 1.82) is 0 Å². The van der Waals surface area contributed by atoms with Crippen LogP contribution in [0.4, 0.5) is 5.69 Å². The number of aryl methyl sites for hydroxylation is 1. The molecular formula is C22H19N3O3. The number of carbonyl (C=O) groups excluding carboxylic acids is 1. The number of aromatic amines is 1. The molecule has 4 rings (SSSR count). The van der Waals surface area contributed by atoms with E-state index in [1.165, 1.54) is 12.3 Å². The van der Waals surface area contributed by atoms with Crippen LogP contribution in [-0.4, -0.2) is 15.5 Å². The molecule has 6 heteroatoms. The highest BCUT2D eigenvalue weighted by Gasteiger charge is 2.13. The molecule has 2 N–H and O–H groups in total. The van der Waals surface area contributed by atoms with E-state index in [-0.39, 0.29) is 29.4 Å². The molecule has 0 bridgehead atoms. The van der Waals surface area contributed by atoms with Gasteiger partial charge in [0.2, 0.25) is 5.43 Å². The van der Waals surface area contributed by atoms with Crippen molar-refractivity contribution < 1.29 is 9.53 Å². The Morgan fingerprint density at radius 3 is 2.75 bits per heavy atom. The molecule has 0 fully saturated rings. The highest BCUT2D eigenvalue weighted by molar-refractivity contribution is 6.04. The van der Waals surface area contributed by atoms with Crippen molar-refractivity contribution in [2.24, 2.45) is 7.05 Å². The number of nitrogens with zero attached hydrogens (tertiary/aromatic N) is 1. The zero-order valence-corrected chi connectivity index (χ0v) is 15.3. The Labute approximate surface area is 161 Å². The van der Waals surface area contributed by atoms with Crippen LogP contribution in [0, 0.1) is 0 Å². The number of amides is 1. The first-order valence-corrected chi connectivity index (χ1v) is 8.86. The van der Waals surface area contributed by atoms with Gasteiger partial charge in [0.25, 0.3) is 5.91 Å². The largest absolute Gasteiger partial charge is 0.483 e. The van der Waals surface area contributed by atoms with E-state index in [1.54, 1.807) is 11.6 Å². The summed E-state index contributed by atoms with van der Waals surface area (Å²) >= 11 is 0. The van der Waals surface area contributed by atoms with Crippen LogP contribution in [0.15, 0.2) is 77.9 Å². The second kappa shape index (κ2) is 7.44. The average molecular weight is 373 g/mol. The number of nitrogens with one attached hydrogen (secondary N) is 2. The SMILES string of the molecule is Cn1cc(OCc2ccccc2)c(=O)cc1C(=O)Nc1ccc2cc[nH]c2c1. The lowest BCUT2D eigenvalue weighted by Crippen LogP contribution is -2.21. The number of hydrogen-bond donors (Lipinski definition) is 2. The van der Waals surface area contributed by atoms with Gasteiger partial charge in [0.1, 0.15) is 12.3 Å². The first-order valence-electron chi connectivity index (χ1n) is 8.86. The fourth-order valence-corrected chi connectivity index (χ4v) is 3.00. The number of aromatic nitrogens is 2. The number of carbonyl (C=O) groups is 1. The van der Waals surface area contributed by atoms with Gasteiger partial charge in [-0.3, -0.25) is 9.59 Å². The lowest BCUT2D eigenvalue weighted by atomic mass is 10.2. The standard InChI is InChI=1S/C22H19N3O3/c1-25-13-21(28-14-15-5-3-2-4-6-15)20(26)12-19(25)22(27)24-17-8-7-16-9-10-23-18(16)11-17/h2-13,23H,14H2,1H3,(H,24,27). The van der Waals surface area contributed by atoms with Crippen LogP contribution in [0.3, 0.4) is 0 Å². The maximum Gasteiger partial charge on any atom is 0.272 e. The number of benzene rings is 2. The predicted octanol–water partition coefficient (Wildman–Crippen LogP) is 3.70. The zero-order chi connectivity index (χ0) is 19.5. The third-order valence-electron chi connectivity index (χ3n) is 4.48. The quantitative estimate of drug-likeness (QED) is 0.560. The second-order valence-corrected chi connectivity index (χ2v) is 6.51. The van der Waals surface area contributed by atoms with Gasteiger partial charge in [0, 0.05) is 30.5 Å². The molecular weight excluding hydrogens is 354 g/mol. The molecule has 140 valence electrons. The molecule has 2 aromatic heterocycles. The summed E-state index contributed by atoms with van der Waals surface area (Å²) in [6, 6.07) is 18.4. The van der Waals surface area contributed by atoms with Gasteiger partial charge < -0.3 is 19.6 Å². The van der Waals surface area contributed by atoms with Crippen molar-refractivity contribution in [1.82, 2.24) is 9.55 Å². The van der Waals surface area contributed by atoms with Gasteiger partial charge in [-0.2, -0.15) is 0 Å². The molecule has 28 heavy (non-hydrogen) atoms. The summed E-state index contributed by atoms with van der Waals surface area (Å²) < 4.78 is 7.21. The van der Waals surface area contributed by atoms with Gasteiger partial charge in [0.05, 0.1) is 6.20 Å². The Hall–Kier alpha value is -3.80. The summed E-state index contributed by atoms with van der Waals surface area (Å²) in [4.78, 5) is 28.1. The van der Waals surface area contributed by atoms with Gasteiger partial charge in [-0.1, -0.05) is 36.4 Å². The monoisotopic (exact) mass is 373 g/mol. The van der Waals surface area contributed by atoms with Crippen molar-refractivity contribution in [3.8, 4) is 5.75 Å². The third kappa shape index (κ3) is 3.66. The van der Waals surface area contributed by atoms with Crippen LogP contribution in [0.25, 0.3) is 10.9 Å². The molecule has 4 aromatic rings. The molecule has 0 spiro atoms. The Morgan fingerprint density at radius 1 is 1.11 bits per heavy atom. The van der Waals surface area contributed by atoms with Crippen LogP contribution in [0.2, 0.25) is 0 Å². The van der Waals surface area contributed by atoms with E-state index in [0.29, 0.717) is 5.69 Å². The summed E-state index contributed by atoms with van der Waals surface area (Å²) in [5, 5.41) is 3.89. The van der Waals surface area contributed by atoms with Gasteiger partial charge in [-0.05, 0) is 29.1 Å². The van der Waals surface area contributed by atoms with Crippen molar-refractivity contribution >= 4 is 22.5 Å². The molecule has 0 unspecified atom stereocenters. The highest BCUT2D eigenvalue weighted by atomic mass is 16.5. The number of H-pyrrole nitrogens is 1. The minimum atomic E-state index is -0.361. The summed E-state index contributed by atoms with van der Waals surface area (Å²) in [6.45, 7) is 0.289. The van der Waals surface area contributed by atoms with Crippen molar-refractivity contribution in [3.05, 3.63) is 94.5 Å². The Bertz CT molecular complexity index is 1190. The van der Waals surface area contributed by atoms with Crippen molar-refractivity contribution in [2.75, 3.05) is 5.32 Å². The van der Waals surface area contributed by atoms with Gasteiger partial charge in [0.15, 0.2) is 5.75 Å². The molecule has 0 aliphatic carbocycles. The fraction of sp³-hybridized carbons (Fsp3) is 0.0909. The summed E-state index contributed by atoms with van der Waals surface area (Å²) in [5.74, 6) is -0.157. The molecule has 0 atom stereocenters. The lowest BCUT2D eigenvalue weighted by molar-refractivity contribution is 0.101. The van der Waals surface area contributed by atoms with E-state index in [4.69, 9.17) is 4.74 Å². The van der Waals surface area contributed by atoms with E-state index in [9.17, 15) is 9.59 Å². The van der Waals surface area contributed by atoms with E-state index < -0.39 is 0 Å². The van der Waals surface area contributed by atoms with Crippen LogP contribution < -0.4 is 15.5 Å². The highest BCUT2D eigenvalue weighted by Crippen LogP contribution is 2.18. The lowest BCUT2D eigenvalue weighted by Gasteiger charge is -2.12. The summed E-state index contributed by atoms with van der Waals surface area (Å²) in [6.07, 6.45) is 3.38. The first kappa shape index (κ1) is 17.6. The molecule has 1 amide bonds. The molecule has 0 aliphatic rings. The van der Waals surface area contributed by atoms with E-state index in [2.05, 4.69) is 10.3 Å². The molecule has 0 aliphatic heterocycles. The third-order valence-corrected chi connectivity index (χ3v) is 4.48. The molecule has 0 saturated heterocycles. The van der Waals surface area contributed by atoms with Gasteiger partial charge >= 0.3 is 0 Å². The predicted molar refractivity (Wildman–Crippen MR) is 109 cm³/mol. The van der Waals surface area contributed by atoms with Crippen LogP contribution in [-0.2, 0) is 13.7 Å². The first-order chi connectivity index (χ1) is 13.6. The van der Waals surface area contributed by atoms with Crippen LogP contribution in [0.1, 0.15) is 16.1 Å². The smallest absolute Gasteiger partial charge is 0.272 e. The molecule has 2 heterocycles. The van der Waals surface area contributed by atoms with E-state index in [1.807, 2.05) is 60.8 Å². The maximum absolute atomic E-state index is 12.6. The minimum Gasteiger partial charge on any atom is -0.483 e. The van der Waals surface area contributed by atoms with Crippen LogP contribution in [0.5, 0.6) is 5.75 Å².